The van der Waals surface area contributed by atoms with E-state index in [4.69, 9.17) is 9.47 Å². The van der Waals surface area contributed by atoms with Gasteiger partial charge in [0.1, 0.15) is 5.75 Å². The molecule has 0 fully saturated rings. The predicted octanol–water partition coefficient (Wildman–Crippen LogP) is 3.00. The lowest BCUT2D eigenvalue weighted by atomic mass is 10.1. The molecule has 4 nitrogen and oxygen atoms in total. The van der Waals surface area contributed by atoms with E-state index in [0.29, 0.717) is 26.2 Å². The van der Waals surface area contributed by atoms with Crippen molar-refractivity contribution in [3.05, 3.63) is 29.3 Å². The molecule has 21 heavy (non-hydrogen) atoms. The Labute approximate surface area is 127 Å². The summed E-state index contributed by atoms with van der Waals surface area (Å²) in [6.45, 7) is 9.96. The minimum Gasteiger partial charge on any atom is -0.480 e. The van der Waals surface area contributed by atoms with Crippen LogP contribution < -0.4 is 10.1 Å². The molecule has 0 aromatic heterocycles. The molecule has 1 rings (SSSR count). The van der Waals surface area contributed by atoms with Crippen LogP contribution in [0.15, 0.2) is 18.2 Å². The van der Waals surface area contributed by atoms with Crippen LogP contribution in [0.25, 0.3) is 0 Å². The molecule has 0 saturated heterocycles. The molecule has 0 aliphatic heterocycles. The number of benzene rings is 1. The molecular weight excluding hydrogens is 266 g/mol. The third-order valence-corrected chi connectivity index (χ3v) is 3.46. The van der Waals surface area contributed by atoms with Crippen LogP contribution in [0.2, 0.25) is 0 Å². The normalized spacial score (nSPS) is 12.0. The number of amides is 1. The van der Waals surface area contributed by atoms with E-state index in [2.05, 4.69) is 5.32 Å². The lowest BCUT2D eigenvalue weighted by Gasteiger charge is -2.19. The highest BCUT2D eigenvalue weighted by molar-refractivity contribution is 5.81. The highest BCUT2D eigenvalue weighted by atomic mass is 16.5. The number of carbonyl (C=O) groups excluding carboxylic acids is 1. The second kappa shape index (κ2) is 9.40. The summed E-state index contributed by atoms with van der Waals surface area (Å²) in [6.07, 6.45) is 1.02. The molecule has 0 aliphatic carbocycles. The van der Waals surface area contributed by atoms with Crippen molar-refractivity contribution in [1.29, 1.82) is 0 Å². The molecule has 0 unspecified atom stereocenters. The molecule has 0 bridgehead atoms. The average molecular weight is 293 g/mol. The topological polar surface area (TPSA) is 47.6 Å². The number of aryl methyl sites for hydroxylation is 1. The van der Waals surface area contributed by atoms with Gasteiger partial charge in [0.15, 0.2) is 6.10 Å². The monoisotopic (exact) mass is 293 g/mol. The molecule has 1 aromatic rings. The summed E-state index contributed by atoms with van der Waals surface area (Å²) < 4.78 is 11.1. The summed E-state index contributed by atoms with van der Waals surface area (Å²) in [5.74, 6) is 0.723. The number of ether oxygens (including phenoxy) is 2. The predicted molar refractivity (Wildman–Crippen MR) is 84.7 cm³/mol. The Morgan fingerprint density at radius 2 is 2.05 bits per heavy atom. The summed E-state index contributed by atoms with van der Waals surface area (Å²) in [5.41, 5.74) is 2.25. The third kappa shape index (κ3) is 5.76. The van der Waals surface area contributed by atoms with Gasteiger partial charge in [-0.2, -0.15) is 0 Å². The lowest BCUT2D eigenvalue weighted by Crippen LogP contribution is -2.38. The van der Waals surface area contributed by atoms with Crippen molar-refractivity contribution in [3.8, 4) is 5.75 Å². The van der Waals surface area contributed by atoms with E-state index in [1.165, 1.54) is 5.56 Å². The van der Waals surface area contributed by atoms with E-state index in [-0.39, 0.29) is 5.91 Å². The minimum atomic E-state index is -0.447. The Bertz CT molecular complexity index is 446. The van der Waals surface area contributed by atoms with E-state index in [1.807, 2.05) is 45.9 Å². The van der Waals surface area contributed by atoms with Gasteiger partial charge in [0.2, 0.25) is 0 Å². The number of hydrogen-bond acceptors (Lipinski definition) is 3. The van der Waals surface area contributed by atoms with Gasteiger partial charge in [-0.05, 0) is 50.8 Å². The van der Waals surface area contributed by atoms with Crippen LogP contribution in [0.4, 0.5) is 0 Å². The van der Waals surface area contributed by atoms with Gasteiger partial charge in [-0.1, -0.05) is 19.1 Å². The van der Waals surface area contributed by atoms with Gasteiger partial charge in [-0.15, -0.1) is 0 Å². The van der Waals surface area contributed by atoms with Crippen LogP contribution in [0, 0.1) is 13.8 Å². The molecule has 1 atom stereocenters. The SMILES string of the molecule is CCOCCCNC(=O)[C@H](CC)Oc1cccc(C)c1C. The fraction of sp³-hybridized carbons (Fsp3) is 0.588. The van der Waals surface area contributed by atoms with Crippen LogP contribution in [0.5, 0.6) is 5.75 Å². The smallest absolute Gasteiger partial charge is 0.261 e. The maximum atomic E-state index is 12.1. The number of carbonyl (C=O) groups is 1. The summed E-state index contributed by atoms with van der Waals surface area (Å²) >= 11 is 0. The van der Waals surface area contributed by atoms with Crippen LogP contribution in [-0.4, -0.2) is 31.8 Å². The van der Waals surface area contributed by atoms with Gasteiger partial charge in [0.25, 0.3) is 5.91 Å². The molecular formula is C17H27NO3. The fourth-order valence-electron chi connectivity index (χ4n) is 1.97. The summed E-state index contributed by atoms with van der Waals surface area (Å²) in [7, 11) is 0. The summed E-state index contributed by atoms with van der Waals surface area (Å²) in [4.78, 5) is 12.1. The standard InChI is InChI=1S/C17H27NO3/c1-5-15(17(19)18-11-8-12-20-6-2)21-16-10-7-9-13(3)14(16)4/h7,9-10,15H,5-6,8,11-12H2,1-4H3,(H,18,19)/t15-/m0/s1. The first kappa shape index (κ1) is 17.5. The fourth-order valence-corrected chi connectivity index (χ4v) is 1.97. The second-order valence-corrected chi connectivity index (χ2v) is 5.05. The molecule has 0 saturated carbocycles. The molecule has 0 aliphatic rings. The Morgan fingerprint density at radius 1 is 1.29 bits per heavy atom. The van der Waals surface area contributed by atoms with Crippen molar-refractivity contribution < 1.29 is 14.3 Å². The van der Waals surface area contributed by atoms with Crippen molar-refractivity contribution in [1.82, 2.24) is 5.32 Å². The van der Waals surface area contributed by atoms with E-state index < -0.39 is 6.10 Å². The zero-order valence-corrected chi connectivity index (χ0v) is 13.6. The molecule has 1 amide bonds. The Morgan fingerprint density at radius 3 is 2.71 bits per heavy atom. The summed E-state index contributed by atoms with van der Waals surface area (Å²) in [5, 5.41) is 2.90. The molecule has 4 heteroatoms. The van der Waals surface area contributed by atoms with Crippen LogP contribution >= 0.6 is 0 Å². The van der Waals surface area contributed by atoms with Crippen molar-refractivity contribution in [2.75, 3.05) is 19.8 Å². The molecule has 1 N–H and O–H groups in total. The highest BCUT2D eigenvalue weighted by Gasteiger charge is 2.18. The third-order valence-electron chi connectivity index (χ3n) is 3.46. The van der Waals surface area contributed by atoms with Crippen molar-refractivity contribution >= 4 is 5.91 Å². The van der Waals surface area contributed by atoms with Crippen LogP contribution in [0.1, 0.15) is 37.8 Å². The molecule has 0 spiro atoms. The van der Waals surface area contributed by atoms with Gasteiger partial charge in [-0.3, -0.25) is 4.79 Å². The molecule has 0 radical (unpaired) electrons. The number of rotatable bonds is 9. The number of nitrogens with one attached hydrogen (secondary N) is 1. The largest absolute Gasteiger partial charge is 0.480 e. The molecule has 1 aromatic carbocycles. The first-order valence-corrected chi connectivity index (χ1v) is 7.68. The van der Waals surface area contributed by atoms with Crippen molar-refractivity contribution in [3.63, 3.8) is 0 Å². The van der Waals surface area contributed by atoms with Crippen LogP contribution in [0.3, 0.4) is 0 Å². The maximum Gasteiger partial charge on any atom is 0.261 e. The maximum absolute atomic E-state index is 12.1. The van der Waals surface area contributed by atoms with E-state index in [0.717, 1.165) is 17.7 Å². The highest BCUT2D eigenvalue weighted by Crippen LogP contribution is 2.22. The van der Waals surface area contributed by atoms with E-state index >= 15 is 0 Å². The lowest BCUT2D eigenvalue weighted by molar-refractivity contribution is -0.128. The molecule has 118 valence electrons. The van der Waals surface area contributed by atoms with Gasteiger partial charge in [-0.25, -0.2) is 0 Å². The number of hydrogen-bond donors (Lipinski definition) is 1. The van der Waals surface area contributed by atoms with Gasteiger partial charge < -0.3 is 14.8 Å². The van der Waals surface area contributed by atoms with Crippen molar-refractivity contribution in [2.24, 2.45) is 0 Å². The van der Waals surface area contributed by atoms with Gasteiger partial charge in [0, 0.05) is 19.8 Å². The summed E-state index contributed by atoms with van der Waals surface area (Å²) in [6, 6.07) is 5.90. The van der Waals surface area contributed by atoms with E-state index in [1.54, 1.807) is 0 Å². The zero-order chi connectivity index (χ0) is 15.7. The molecule has 0 heterocycles. The van der Waals surface area contributed by atoms with Gasteiger partial charge >= 0.3 is 0 Å². The first-order valence-electron chi connectivity index (χ1n) is 7.68. The van der Waals surface area contributed by atoms with Crippen LogP contribution in [-0.2, 0) is 9.53 Å². The van der Waals surface area contributed by atoms with E-state index in [9.17, 15) is 4.79 Å². The van der Waals surface area contributed by atoms with Gasteiger partial charge in [0.05, 0.1) is 0 Å². The quantitative estimate of drug-likeness (QED) is 0.712. The second-order valence-electron chi connectivity index (χ2n) is 5.05. The van der Waals surface area contributed by atoms with Crippen molar-refractivity contribution in [2.45, 2.75) is 46.6 Å². The Balaban J connectivity index is 2.50. The Kier molecular flexibility index (Phi) is 7.83. The Hall–Kier alpha value is -1.55. The minimum absolute atomic E-state index is 0.0603. The zero-order valence-electron chi connectivity index (χ0n) is 13.6. The average Bonchev–Trinajstić information content (AvgIpc) is 2.48. The first-order chi connectivity index (χ1) is 10.1.